The monoisotopic (exact) mass is 252 g/mol. The van der Waals surface area contributed by atoms with Gasteiger partial charge in [0.2, 0.25) is 0 Å². The third kappa shape index (κ3) is 4.09. The summed E-state index contributed by atoms with van der Waals surface area (Å²) in [6.45, 7) is 5.70. The minimum Gasteiger partial charge on any atom is -0.312 e. The lowest BCUT2D eigenvalue weighted by molar-refractivity contribution is 0.236. The van der Waals surface area contributed by atoms with Gasteiger partial charge in [0.15, 0.2) is 0 Å². The second-order valence-electron chi connectivity index (χ2n) is 5.39. The van der Waals surface area contributed by atoms with Crippen molar-refractivity contribution in [1.29, 1.82) is 0 Å². The van der Waals surface area contributed by atoms with Gasteiger partial charge in [0.05, 0.1) is 0 Å². The molecule has 0 bridgehead atoms. The van der Waals surface area contributed by atoms with Crippen LogP contribution in [0.25, 0.3) is 0 Å². The molecule has 2 nitrogen and oxygen atoms in total. The summed E-state index contributed by atoms with van der Waals surface area (Å²) in [6, 6.07) is 4.30. The number of thiophene rings is 1. The second-order valence-corrected chi connectivity index (χ2v) is 6.17. The standard InChI is InChI=1S/C14H24N2S/c1-11(8-13-6-7-17-10-13)15-9-12(2)16(3)14-4-5-14/h6-7,10-12,14-15H,4-5,8-9H2,1-3H3/t11-,12-/m0/s1. The predicted molar refractivity (Wildman–Crippen MR) is 75.7 cm³/mol. The zero-order valence-corrected chi connectivity index (χ0v) is 12.0. The number of likely N-dealkylation sites (N-methyl/N-ethyl adjacent to an activating group) is 1. The SMILES string of the molecule is C[C@@H](Cc1ccsc1)NC[C@H](C)N(C)C1CC1. The highest BCUT2D eigenvalue weighted by Gasteiger charge is 2.28. The Morgan fingerprint density at radius 3 is 2.82 bits per heavy atom. The van der Waals surface area contributed by atoms with Crippen LogP contribution in [0.15, 0.2) is 16.8 Å². The van der Waals surface area contributed by atoms with Crippen molar-refractivity contribution in [3.05, 3.63) is 22.4 Å². The topological polar surface area (TPSA) is 15.3 Å². The Bertz CT molecular complexity index is 319. The highest BCUT2D eigenvalue weighted by atomic mass is 32.1. The van der Waals surface area contributed by atoms with E-state index in [2.05, 4.69) is 47.9 Å². The summed E-state index contributed by atoms with van der Waals surface area (Å²) in [5, 5.41) is 8.05. The summed E-state index contributed by atoms with van der Waals surface area (Å²) < 4.78 is 0. The van der Waals surface area contributed by atoms with E-state index in [4.69, 9.17) is 0 Å². The molecule has 17 heavy (non-hydrogen) atoms. The maximum absolute atomic E-state index is 3.65. The molecular weight excluding hydrogens is 228 g/mol. The maximum Gasteiger partial charge on any atom is 0.0192 e. The first-order chi connectivity index (χ1) is 8.16. The molecule has 1 heterocycles. The van der Waals surface area contributed by atoms with Gasteiger partial charge >= 0.3 is 0 Å². The molecular formula is C14H24N2S. The van der Waals surface area contributed by atoms with Crippen molar-refractivity contribution in [3.8, 4) is 0 Å². The Labute approximate surface area is 109 Å². The number of hydrogen-bond donors (Lipinski definition) is 1. The van der Waals surface area contributed by atoms with Gasteiger partial charge in [-0.05, 0) is 62.5 Å². The molecule has 0 aliphatic heterocycles. The van der Waals surface area contributed by atoms with Crippen LogP contribution in [0.2, 0.25) is 0 Å². The summed E-state index contributed by atoms with van der Waals surface area (Å²) in [5.74, 6) is 0. The fourth-order valence-electron chi connectivity index (χ4n) is 2.19. The first-order valence-electron chi connectivity index (χ1n) is 6.63. The van der Waals surface area contributed by atoms with Gasteiger partial charge in [0.1, 0.15) is 0 Å². The van der Waals surface area contributed by atoms with Gasteiger partial charge in [-0.1, -0.05) is 0 Å². The van der Waals surface area contributed by atoms with Crippen LogP contribution < -0.4 is 5.32 Å². The lowest BCUT2D eigenvalue weighted by Gasteiger charge is -2.26. The molecule has 2 atom stereocenters. The molecule has 0 amide bonds. The van der Waals surface area contributed by atoms with Gasteiger partial charge in [-0.3, -0.25) is 4.90 Å². The van der Waals surface area contributed by atoms with Crippen LogP contribution in [0, 0.1) is 0 Å². The van der Waals surface area contributed by atoms with E-state index in [-0.39, 0.29) is 0 Å². The van der Waals surface area contributed by atoms with E-state index >= 15 is 0 Å². The summed E-state index contributed by atoms with van der Waals surface area (Å²) in [5.41, 5.74) is 1.46. The minimum atomic E-state index is 0.569. The molecule has 1 saturated carbocycles. The quantitative estimate of drug-likeness (QED) is 0.803. The van der Waals surface area contributed by atoms with Crippen LogP contribution in [0.1, 0.15) is 32.3 Å². The van der Waals surface area contributed by atoms with Crippen LogP contribution in [-0.2, 0) is 6.42 Å². The smallest absolute Gasteiger partial charge is 0.0192 e. The number of nitrogens with one attached hydrogen (secondary N) is 1. The minimum absolute atomic E-state index is 0.569. The highest BCUT2D eigenvalue weighted by molar-refractivity contribution is 7.07. The van der Waals surface area contributed by atoms with Gasteiger partial charge in [0.25, 0.3) is 0 Å². The molecule has 0 spiro atoms. The number of rotatable bonds is 7. The predicted octanol–water partition coefficient (Wildman–Crippen LogP) is 2.75. The van der Waals surface area contributed by atoms with Crippen molar-refractivity contribution in [1.82, 2.24) is 10.2 Å². The van der Waals surface area contributed by atoms with Crippen molar-refractivity contribution >= 4 is 11.3 Å². The second kappa shape index (κ2) is 5.98. The average Bonchev–Trinajstić information content (AvgIpc) is 3.05. The molecule has 1 aromatic heterocycles. The van der Waals surface area contributed by atoms with Crippen LogP contribution in [0.4, 0.5) is 0 Å². The molecule has 2 rings (SSSR count). The highest BCUT2D eigenvalue weighted by Crippen LogP contribution is 2.26. The van der Waals surface area contributed by atoms with E-state index in [0.29, 0.717) is 12.1 Å². The number of hydrogen-bond acceptors (Lipinski definition) is 3. The Balaban J connectivity index is 1.66. The molecule has 0 aromatic carbocycles. The Morgan fingerprint density at radius 1 is 1.47 bits per heavy atom. The summed E-state index contributed by atoms with van der Waals surface area (Å²) in [7, 11) is 2.26. The summed E-state index contributed by atoms with van der Waals surface area (Å²) in [6.07, 6.45) is 3.93. The molecule has 96 valence electrons. The van der Waals surface area contributed by atoms with E-state index in [1.165, 1.54) is 18.4 Å². The third-order valence-electron chi connectivity index (χ3n) is 3.70. The molecule has 1 N–H and O–H groups in total. The van der Waals surface area contributed by atoms with Gasteiger partial charge in [-0.25, -0.2) is 0 Å². The van der Waals surface area contributed by atoms with Crippen LogP contribution in [0.5, 0.6) is 0 Å². The van der Waals surface area contributed by atoms with E-state index in [1.807, 2.05) is 0 Å². The molecule has 1 aliphatic carbocycles. The summed E-state index contributed by atoms with van der Waals surface area (Å²) >= 11 is 1.79. The van der Waals surface area contributed by atoms with Crippen LogP contribution in [0.3, 0.4) is 0 Å². The molecule has 0 saturated heterocycles. The van der Waals surface area contributed by atoms with Crippen molar-refractivity contribution in [2.45, 2.75) is 51.2 Å². The van der Waals surface area contributed by atoms with Crippen LogP contribution in [-0.4, -0.2) is 36.6 Å². The van der Waals surface area contributed by atoms with Gasteiger partial charge in [-0.15, -0.1) is 0 Å². The first-order valence-corrected chi connectivity index (χ1v) is 7.57. The Kier molecular flexibility index (Phi) is 4.60. The molecule has 0 radical (unpaired) electrons. The zero-order valence-electron chi connectivity index (χ0n) is 11.1. The maximum atomic E-state index is 3.65. The van der Waals surface area contributed by atoms with E-state index < -0.39 is 0 Å². The molecule has 1 aromatic rings. The normalized spacial score (nSPS) is 19.5. The van der Waals surface area contributed by atoms with Crippen LogP contribution >= 0.6 is 11.3 Å². The fourth-order valence-corrected chi connectivity index (χ4v) is 2.87. The first kappa shape index (κ1) is 13.1. The lowest BCUT2D eigenvalue weighted by atomic mass is 10.1. The van der Waals surface area contributed by atoms with Gasteiger partial charge < -0.3 is 5.32 Å². The van der Waals surface area contributed by atoms with E-state index in [1.54, 1.807) is 11.3 Å². The van der Waals surface area contributed by atoms with Crippen molar-refractivity contribution in [2.75, 3.05) is 13.6 Å². The molecule has 1 aliphatic rings. The van der Waals surface area contributed by atoms with Gasteiger partial charge in [0, 0.05) is 24.7 Å². The van der Waals surface area contributed by atoms with E-state index in [9.17, 15) is 0 Å². The number of nitrogens with zero attached hydrogens (tertiary/aromatic N) is 1. The van der Waals surface area contributed by atoms with E-state index in [0.717, 1.165) is 19.0 Å². The van der Waals surface area contributed by atoms with Crippen molar-refractivity contribution in [3.63, 3.8) is 0 Å². The third-order valence-corrected chi connectivity index (χ3v) is 4.43. The van der Waals surface area contributed by atoms with Gasteiger partial charge in [-0.2, -0.15) is 11.3 Å². The average molecular weight is 252 g/mol. The summed E-state index contributed by atoms with van der Waals surface area (Å²) in [4.78, 5) is 2.52. The fraction of sp³-hybridized carbons (Fsp3) is 0.714. The zero-order chi connectivity index (χ0) is 12.3. The molecule has 0 unspecified atom stereocenters. The Morgan fingerprint density at radius 2 is 2.24 bits per heavy atom. The largest absolute Gasteiger partial charge is 0.312 e. The molecule has 1 fully saturated rings. The Hall–Kier alpha value is -0.380. The molecule has 3 heteroatoms. The lowest BCUT2D eigenvalue weighted by Crippen LogP contribution is -2.42. The van der Waals surface area contributed by atoms with Crippen molar-refractivity contribution < 1.29 is 0 Å². The van der Waals surface area contributed by atoms with Crippen molar-refractivity contribution in [2.24, 2.45) is 0 Å².